The van der Waals surface area contributed by atoms with Crippen molar-refractivity contribution in [1.82, 2.24) is 0 Å². The number of nitrogens with two attached hydrogens (primary N) is 2. The van der Waals surface area contributed by atoms with E-state index in [4.69, 9.17) is 16.7 Å². The molecule has 26 heavy (non-hydrogen) atoms. The van der Waals surface area contributed by atoms with Gasteiger partial charge in [-0.25, -0.2) is 35.9 Å². The summed E-state index contributed by atoms with van der Waals surface area (Å²) in [5.41, 5.74) is -0.488. The van der Waals surface area contributed by atoms with Crippen molar-refractivity contribution in [3.63, 3.8) is 0 Å². The van der Waals surface area contributed by atoms with Gasteiger partial charge in [-0.05, 0) is 30.3 Å². The molecule has 0 spiro atoms. The molecule has 0 aliphatic carbocycles. The highest BCUT2D eigenvalue weighted by molar-refractivity contribution is 7.89. The minimum Gasteiger partial charge on any atom is -0.258 e. The van der Waals surface area contributed by atoms with Gasteiger partial charge in [-0.1, -0.05) is 11.6 Å². The third-order valence-electron chi connectivity index (χ3n) is 2.66. The van der Waals surface area contributed by atoms with Gasteiger partial charge in [0.05, 0.1) is 14.7 Å². The van der Waals surface area contributed by atoms with Crippen LogP contribution in [-0.2, 0) is 20.0 Å². The maximum Gasteiger partial charge on any atom is 0.289 e. The smallest absolute Gasteiger partial charge is 0.258 e. The van der Waals surface area contributed by atoms with Crippen LogP contribution in [0.4, 0.5) is 14.5 Å². The molecule has 0 aliphatic heterocycles. The van der Waals surface area contributed by atoms with E-state index in [9.17, 15) is 35.7 Å². The van der Waals surface area contributed by atoms with E-state index in [-0.39, 0.29) is 9.92 Å². The van der Waals surface area contributed by atoms with E-state index in [1.54, 1.807) is 0 Å². The van der Waals surface area contributed by atoms with Gasteiger partial charge in [0, 0.05) is 6.07 Å². The van der Waals surface area contributed by atoms with E-state index in [0.29, 0.717) is 12.1 Å². The highest BCUT2D eigenvalue weighted by Gasteiger charge is 2.17. The van der Waals surface area contributed by atoms with Gasteiger partial charge in [-0.3, -0.25) is 10.1 Å². The number of sulfonamides is 2. The number of hydrogen-bond donors (Lipinski definition) is 2. The number of nitro groups is 1. The van der Waals surface area contributed by atoms with E-state index in [1.807, 2.05) is 0 Å². The first-order valence-corrected chi connectivity index (χ1v) is 9.65. The van der Waals surface area contributed by atoms with Crippen LogP contribution in [0.1, 0.15) is 0 Å². The molecule has 0 unspecified atom stereocenters. The van der Waals surface area contributed by atoms with Gasteiger partial charge in [0.25, 0.3) is 5.69 Å². The number of primary sulfonamides is 2. The molecule has 14 heteroatoms. The summed E-state index contributed by atoms with van der Waals surface area (Å²) >= 11 is 5.46. The minimum absolute atomic E-state index is 0.137. The number of nitro benzene ring substituents is 1. The largest absolute Gasteiger partial charge is 0.289 e. The van der Waals surface area contributed by atoms with Crippen molar-refractivity contribution in [3.8, 4) is 0 Å². The number of rotatable bonds is 3. The molecular formula is C12H10ClF2N3O6S2. The molecule has 0 amide bonds. The van der Waals surface area contributed by atoms with Gasteiger partial charge in [0.15, 0.2) is 11.6 Å². The zero-order valence-electron chi connectivity index (χ0n) is 12.5. The molecule has 2 rings (SSSR count). The molecule has 4 N–H and O–H groups in total. The van der Waals surface area contributed by atoms with Crippen LogP contribution >= 0.6 is 11.6 Å². The molecule has 0 saturated carbocycles. The first-order chi connectivity index (χ1) is 11.7. The Balaban J connectivity index is 0.000000263. The van der Waals surface area contributed by atoms with Crippen LogP contribution in [0.25, 0.3) is 0 Å². The quantitative estimate of drug-likeness (QED) is 0.554. The van der Waals surface area contributed by atoms with E-state index < -0.39 is 47.2 Å². The van der Waals surface area contributed by atoms with Crippen LogP contribution in [0, 0.1) is 21.7 Å². The second-order valence-corrected chi connectivity index (χ2v) is 8.07. The van der Waals surface area contributed by atoms with Crippen LogP contribution in [0.3, 0.4) is 0 Å². The molecule has 0 saturated heterocycles. The van der Waals surface area contributed by atoms with E-state index in [2.05, 4.69) is 5.14 Å². The maximum absolute atomic E-state index is 12.4. The Morgan fingerprint density at radius 2 is 1.35 bits per heavy atom. The van der Waals surface area contributed by atoms with Gasteiger partial charge >= 0.3 is 0 Å². The lowest BCUT2D eigenvalue weighted by Crippen LogP contribution is -2.12. The molecule has 0 fully saturated rings. The average molecular weight is 430 g/mol. The summed E-state index contributed by atoms with van der Waals surface area (Å²) in [6, 6.07) is 5.16. The fourth-order valence-electron chi connectivity index (χ4n) is 1.46. The summed E-state index contributed by atoms with van der Waals surface area (Å²) in [5.74, 6) is -2.34. The second kappa shape index (κ2) is 8.01. The first-order valence-electron chi connectivity index (χ1n) is 6.18. The molecule has 0 bridgehead atoms. The van der Waals surface area contributed by atoms with Crippen molar-refractivity contribution in [2.75, 3.05) is 0 Å². The number of nitrogens with zero attached hydrogens (tertiary/aromatic N) is 1. The van der Waals surface area contributed by atoms with Crippen LogP contribution in [0.2, 0.25) is 5.02 Å². The lowest BCUT2D eigenvalue weighted by molar-refractivity contribution is -0.384. The third-order valence-corrected chi connectivity index (χ3v) is 4.80. The Labute approximate surface area is 151 Å². The Bertz CT molecular complexity index is 1060. The van der Waals surface area contributed by atoms with Crippen LogP contribution < -0.4 is 10.3 Å². The summed E-state index contributed by atoms with van der Waals surface area (Å²) < 4.78 is 67.5. The summed E-state index contributed by atoms with van der Waals surface area (Å²) in [6.07, 6.45) is 0. The van der Waals surface area contributed by atoms with E-state index >= 15 is 0 Å². The lowest BCUT2D eigenvalue weighted by Gasteiger charge is -1.98. The molecule has 2 aromatic rings. The first kappa shape index (κ1) is 21.9. The normalized spacial score (nSPS) is 11.4. The van der Waals surface area contributed by atoms with Crippen molar-refractivity contribution < 1.29 is 30.5 Å². The SMILES string of the molecule is NS(=O)(=O)c1ccc(Cl)c([N+](=O)[O-])c1.NS(=O)(=O)c1ccc(F)c(F)c1. The fraction of sp³-hybridized carbons (Fsp3) is 0. The van der Waals surface area contributed by atoms with Gasteiger partial charge in [0.1, 0.15) is 5.02 Å². The molecular weight excluding hydrogens is 420 g/mol. The lowest BCUT2D eigenvalue weighted by atomic mass is 10.3. The molecule has 2 aromatic carbocycles. The van der Waals surface area contributed by atoms with Crippen molar-refractivity contribution in [2.24, 2.45) is 10.3 Å². The molecule has 0 heterocycles. The highest BCUT2D eigenvalue weighted by atomic mass is 35.5. The molecule has 142 valence electrons. The van der Waals surface area contributed by atoms with Crippen molar-refractivity contribution in [1.29, 1.82) is 0 Å². The number of benzene rings is 2. The zero-order valence-corrected chi connectivity index (χ0v) is 14.9. The van der Waals surface area contributed by atoms with Gasteiger partial charge in [-0.15, -0.1) is 0 Å². The summed E-state index contributed by atoms with van der Waals surface area (Å²) in [5, 5.41) is 19.7. The zero-order chi connectivity index (χ0) is 20.3. The van der Waals surface area contributed by atoms with Crippen LogP contribution in [-0.4, -0.2) is 21.8 Å². The summed E-state index contributed by atoms with van der Waals surface area (Å²) in [7, 11) is -7.89. The van der Waals surface area contributed by atoms with Crippen molar-refractivity contribution in [2.45, 2.75) is 9.79 Å². The summed E-state index contributed by atoms with van der Waals surface area (Å²) in [6.45, 7) is 0. The molecule has 0 aromatic heterocycles. The van der Waals surface area contributed by atoms with Crippen molar-refractivity contribution >= 4 is 37.3 Å². The fourth-order valence-corrected chi connectivity index (χ4v) is 2.71. The molecule has 9 nitrogen and oxygen atoms in total. The monoisotopic (exact) mass is 429 g/mol. The predicted molar refractivity (Wildman–Crippen MR) is 87.2 cm³/mol. The highest BCUT2D eigenvalue weighted by Crippen LogP contribution is 2.26. The third kappa shape index (κ3) is 5.96. The Morgan fingerprint density at radius 1 is 0.885 bits per heavy atom. The van der Waals surface area contributed by atoms with Gasteiger partial charge in [0.2, 0.25) is 20.0 Å². The van der Waals surface area contributed by atoms with Crippen LogP contribution in [0.5, 0.6) is 0 Å². The summed E-state index contributed by atoms with van der Waals surface area (Å²) in [4.78, 5) is 8.82. The number of hydrogen-bond acceptors (Lipinski definition) is 6. The molecule has 0 aliphatic rings. The van der Waals surface area contributed by atoms with Crippen molar-refractivity contribution in [3.05, 3.63) is 63.2 Å². The second-order valence-electron chi connectivity index (χ2n) is 4.54. The molecule has 0 atom stereocenters. The maximum atomic E-state index is 12.4. The van der Waals surface area contributed by atoms with Gasteiger partial charge < -0.3 is 0 Å². The van der Waals surface area contributed by atoms with Gasteiger partial charge in [-0.2, -0.15) is 0 Å². The minimum atomic E-state index is -3.95. The topological polar surface area (TPSA) is 163 Å². The molecule has 0 radical (unpaired) electrons. The Kier molecular flexibility index (Phi) is 6.73. The Morgan fingerprint density at radius 3 is 1.77 bits per heavy atom. The van der Waals surface area contributed by atoms with E-state index in [0.717, 1.165) is 24.3 Å². The predicted octanol–water partition coefficient (Wildman–Crippen LogP) is 1.51. The van der Waals surface area contributed by atoms with E-state index in [1.165, 1.54) is 0 Å². The van der Waals surface area contributed by atoms with Crippen LogP contribution in [0.15, 0.2) is 46.2 Å². The standard InChI is InChI=1S/C6H5ClN2O4S.C6H5F2NO2S/c7-5-2-1-4(14(8,12)13)3-6(5)9(10)11;7-5-2-1-4(3-6(5)8)12(9,10)11/h1-3H,(H2,8,12,13);1-3H,(H2,9,10,11). The Hall–Kier alpha value is -2.19. The number of halogens is 3. The average Bonchev–Trinajstić information content (AvgIpc) is 2.48.